The van der Waals surface area contributed by atoms with Gasteiger partial charge in [-0.1, -0.05) is 66.7 Å². The molecule has 0 fully saturated rings. The van der Waals surface area contributed by atoms with Crippen molar-refractivity contribution in [3.63, 3.8) is 0 Å². The zero-order valence-corrected chi connectivity index (χ0v) is 25.3. The molecule has 0 bridgehead atoms. The Morgan fingerprint density at radius 3 is 1.26 bits per heavy atom. The Balaban J connectivity index is 1.17. The fourth-order valence-electron chi connectivity index (χ4n) is 5.95. The van der Waals surface area contributed by atoms with Gasteiger partial charge in [0.05, 0.1) is 17.1 Å². The molecule has 6 nitrogen and oxygen atoms in total. The van der Waals surface area contributed by atoms with E-state index in [1.807, 2.05) is 51.8 Å². The quantitative estimate of drug-likeness (QED) is 0.185. The van der Waals surface area contributed by atoms with Crippen molar-refractivity contribution < 1.29 is 0 Å². The van der Waals surface area contributed by atoms with Crippen LogP contribution in [-0.2, 0) is 7.05 Å². The van der Waals surface area contributed by atoms with E-state index in [-0.39, 0.29) is 0 Å². The predicted molar refractivity (Wildman–Crippen MR) is 185 cm³/mol. The second kappa shape index (κ2) is 11.7. The Kier molecular flexibility index (Phi) is 6.92. The third-order valence-electron chi connectivity index (χ3n) is 8.40. The lowest BCUT2D eigenvalue weighted by Gasteiger charge is -2.13. The molecule has 0 aliphatic heterocycles. The van der Waals surface area contributed by atoms with Crippen molar-refractivity contribution in [1.82, 2.24) is 29.3 Å². The van der Waals surface area contributed by atoms with Gasteiger partial charge in [-0.2, -0.15) is 15.3 Å². The molecular weight excluding hydrogens is 564 g/mol. The average molecular weight is 595 g/mol. The van der Waals surface area contributed by atoms with E-state index in [4.69, 9.17) is 0 Å². The van der Waals surface area contributed by atoms with Crippen LogP contribution in [0.25, 0.3) is 67.1 Å². The summed E-state index contributed by atoms with van der Waals surface area (Å²) in [6.07, 6.45) is 9.34. The summed E-state index contributed by atoms with van der Waals surface area (Å²) < 4.78 is 5.66. The van der Waals surface area contributed by atoms with E-state index in [1.165, 1.54) is 11.1 Å². The number of nitrogens with zero attached hydrogens (tertiary/aromatic N) is 6. The molecule has 0 atom stereocenters. The molecule has 5 aromatic carbocycles. The van der Waals surface area contributed by atoms with Gasteiger partial charge in [-0.05, 0) is 111 Å². The highest BCUT2D eigenvalue weighted by Gasteiger charge is 2.11. The van der Waals surface area contributed by atoms with Gasteiger partial charge in [-0.25, -0.2) is 9.36 Å². The van der Waals surface area contributed by atoms with Crippen LogP contribution < -0.4 is 0 Å². The van der Waals surface area contributed by atoms with Crippen molar-refractivity contribution in [1.29, 1.82) is 0 Å². The van der Waals surface area contributed by atoms with Gasteiger partial charge in [0, 0.05) is 43.6 Å². The molecule has 0 amide bonds. The summed E-state index contributed by atoms with van der Waals surface area (Å²) in [4.78, 5) is 0. The second-order valence-corrected chi connectivity index (χ2v) is 11.3. The molecule has 0 unspecified atom stereocenters. The fourth-order valence-corrected chi connectivity index (χ4v) is 5.95. The van der Waals surface area contributed by atoms with E-state index in [0.29, 0.717) is 0 Å². The highest BCUT2D eigenvalue weighted by Crippen LogP contribution is 2.35. The van der Waals surface area contributed by atoms with Crippen molar-refractivity contribution in [3.8, 4) is 67.1 Å². The Morgan fingerprint density at radius 2 is 0.804 bits per heavy atom. The highest BCUT2D eigenvalue weighted by molar-refractivity contribution is 5.83. The third-order valence-corrected chi connectivity index (χ3v) is 8.40. The maximum Gasteiger partial charge on any atom is 0.0679 e. The summed E-state index contributed by atoms with van der Waals surface area (Å²) in [5.74, 6) is 0. The van der Waals surface area contributed by atoms with E-state index in [9.17, 15) is 0 Å². The van der Waals surface area contributed by atoms with Gasteiger partial charge >= 0.3 is 0 Å². The van der Waals surface area contributed by atoms with Crippen LogP contribution in [0.3, 0.4) is 0 Å². The SMILES string of the molecule is Cn1nccc1-c1cccc(-c2cc(-c3ccc(-c4ccc(-n5cccn5)cc4)cc3)cc(-c3ccc(-n4cccn4)cc3)c2)c1. The highest BCUT2D eigenvalue weighted by atomic mass is 15.3. The molecule has 8 aromatic rings. The topological polar surface area (TPSA) is 53.5 Å². The normalized spacial score (nSPS) is 11.2. The number of hydrogen-bond donors (Lipinski definition) is 0. The van der Waals surface area contributed by atoms with E-state index < -0.39 is 0 Å². The Bertz CT molecular complexity index is 2220. The molecule has 0 spiro atoms. The van der Waals surface area contributed by atoms with Gasteiger partial charge in [0.1, 0.15) is 0 Å². The summed E-state index contributed by atoms with van der Waals surface area (Å²) in [6, 6.07) is 47.3. The number of aryl methyl sites for hydroxylation is 1. The van der Waals surface area contributed by atoms with E-state index in [2.05, 4.69) is 137 Å². The minimum absolute atomic E-state index is 1.03. The fraction of sp³-hybridized carbons (Fsp3) is 0.0250. The maximum absolute atomic E-state index is 4.38. The van der Waals surface area contributed by atoms with Crippen LogP contribution >= 0.6 is 0 Å². The van der Waals surface area contributed by atoms with E-state index in [1.54, 1.807) is 12.4 Å². The van der Waals surface area contributed by atoms with Crippen molar-refractivity contribution >= 4 is 0 Å². The first kappa shape index (κ1) is 27.3. The summed E-state index contributed by atoms with van der Waals surface area (Å²) in [5.41, 5.74) is 13.6. The summed E-state index contributed by atoms with van der Waals surface area (Å²) in [5, 5.41) is 13.1. The molecule has 3 aromatic heterocycles. The Morgan fingerprint density at radius 1 is 0.370 bits per heavy atom. The van der Waals surface area contributed by atoms with Crippen LogP contribution in [0.2, 0.25) is 0 Å². The lowest BCUT2D eigenvalue weighted by atomic mass is 9.92. The second-order valence-electron chi connectivity index (χ2n) is 11.3. The van der Waals surface area contributed by atoms with Crippen LogP contribution in [0.4, 0.5) is 0 Å². The third kappa shape index (κ3) is 5.33. The van der Waals surface area contributed by atoms with Crippen molar-refractivity contribution in [2.24, 2.45) is 7.05 Å². The monoisotopic (exact) mass is 594 g/mol. The minimum atomic E-state index is 1.03. The molecule has 6 heteroatoms. The molecule has 0 saturated heterocycles. The van der Waals surface area contributed by atoms with Crippen molar-refractivity contribution in [2.45, 2.75) is 0 Å². The Hall–Kier alpha value is -6.27. The van der Waals surface area contributed by atoms with Crippen LogP contribution in [0.5, 0.6) is 0 Å². The molecule has 0 saturated carbocycles. The maximum atomic E-state index is 4.38. The smallest absolute Gasteiger partial charge is 0.0679 e. The molecule has 0 N–H and O–H groups in total. The molecular formula is C40H30N6. The molecule has 0 radical (unpaired) electrons. The lowest BCUT2D eigenvalue weighted by Crippen LogP contribution is -1.94. The van der Waals surface area contributed by atoms with Gasteiger partial charge < -0.3 is 0 Å². The summed E-state index contributed by atoms with van der Waals surface area (Å²) >= 11 is 0. The van der Waals surface area contributed by atoms with Crippen LogP contribution in [0, 0.1) is 0 Å². The van der Waals surface area contributed by atoms with Crippen LogP contribution in [0.1, 0.15) is 0 Å². The number of rotatable bonds is 7. The number of benzene rings is 5. The van der Waals surface area contributed by atoms with Crippen molar-refractivity contribution in [2.75, 3.05) is 0 Å². The summed E-state index contributed by atoms with van der Waals surface area (Å²) in [6.45, 7) is 0. The van der Waals surface area contributed by atoms with Gasteiger partial charge in [0.15, 0.2) is 0 Å². The zero-order chi connectivity index (χ0) is 30.9. The first-order chi connectivity index (χ1) is 22.7. The van der Waals surface area contributed by atoms with Gasteiger partial charge in [-0.15, -0.1) is 0 Å². The molecule has 0 aliphatic carbocycles. The summed E-state index contributed by atoms with van der Waals surface area (Å²) in [7, 11) is 1.98. The van der Waals surface area contributed by atoms with Crippen LogP contribution in [-0.4, -0.2) is 29.3 Å². The Labute approximate surface area is 267 Å². The van der Waals surface area contributed by atoms with E-state index >= 15 is 0 Å². The molecule has 220 valence electrons. The standard InChI is InChI=1S/C40H30N6/c1-44-40(19-22-41-44)34-6-2-5-33(25-34)37-27-35(26-36(28-37)32-13-17-39(18-14-32)46-24-4-21-43-46)31-9-7-29(8-10-31)30-11-15-38(16-12-30)45-23-3-20-42-45/h2-28H,1H3. The molecule has 8 rings (SSSR count). The van der Waals surface area contributed by atoms with Crippen LogP contribution in [0.15, 0.2) is 164 Å². The predicted octanol–water partition coefficient (Wildman–Crippen LogP) is 9.13. The first-order valence-corrected chi connectivity index (χ1v) is 15.2. The minimum Gasteiger partial charge on any atom is -0.268 e. The number of aromatic nitrogens is 6. The van der Waals surface area contributed by atoms with Gasteiger partial charge in [-0.3, -0.25) is 4.68 Å². The molecule has 3 heterocycles. The molecule has 46 heavy (non-hydrogen) atoms. The lowest BCUT2D eigenvalue weighted by molar-refractivity contribution is 0.776. The molecule has 0 aliphatic rings. The van der Waals surface area contributed by atoms with Gasteiger partial charge in [0.2, 0.25) is 0 Å². The van der Waals surface area contributed by atoms with E-state index in [0.717, 1.165) is 56.0 Å². The zero-order valence-electron chi connectivity index (χ0n) is 25.3. The van der Waals surface area contributed by atoms with Gasteiger partial charge in [0.25, 0.3) is 0 Å². The van der Waals surface area contributed by atoms with Crippen molar-refractivity contribution in [3.05, 3.63) is 164 Å². The first-order valence-electron chi connectivity index (χ1n) is 15.2. The number of hydrogen-bond acceptors (Lipinski definition) is 3. The average Bonchev–Trinajstić information content (AvgIpc) is 3.93. The largest absolute Gasteiger partial charge is 0.268 e.